The molecule has 3 N–H and O–H groups in total. The van der Waals surface area contributed by atoms with E-state index in [0.717, 1.165) is 16.8 Å². The summed E-state index contributed by atoms with van der Waals surface area (Å²) in [5.74, 6) is -0.0295. The molecule has 0 radical (unpaired) electrons. The van der Waals surface area contributed by atoms with Gasteiger partial charge in [-0.2, -0.15) is 0 Å². The summed E-state index contributed by atoms with van der Waals surface area (Å²) in [6.45, 7) is 4.20. The zero-order valence-corrected chi connectivity index (χ0v) is 13.1. The van der Waals surface area contributed by atoms with Gasteiger partial charge in [0.1, 0.15) is 0 Å². The Kier molecular flexibility index (Phi) is 3.78. The molecule has 0 spiro atoms. The van der Waals surface area contributed by atoms with Crippen LogP contribution < -0.4 is 16.0 Å². The van der Waals surface area contributed by atoms with Crippen molar-refractivity contribution in [1.82, 2.24) is 5.32 Å². The number of nitrogens with one attached hydrogen (secondary N) is 3. The summed E-state index contributed by atoms with van der Waals surface area (Å²) in [6.07, 6.45) is 0. The fraction of sp³-hybridized carbons (Fsp3) is 0.222. The third kappa shape index (κ3) is 3.04. The number of rotatable bonds is 3. The van der Waals surface area contributed by atoms with Gasteiger partial charge in [-0.25, -0.2) is 4.79 Å². The van der Waals surface area contributed by atoms with Crippen LogP contribution in [0, 0.1) is 0 Å². The van der Waals surface area contributed by atoms with Crippen molar-refractivity contribution in [2.75, 3.05) is 10.6 Å². The Morgan fingerprint density at radius 2 is 1.87 bits per heavy atom. The summed E-state index contributed by atoms with van der Waals surface area (Å²) in [5, 5.41) is 8.46. The summed E-state index contributed by atoms with van der Waals surface area (Å²) in [4.78, 5) is 23.9. The molecule has 118 valence electrons. The lowest BCUT2D eigenvalue weighted by molar-refractivity contribution is -0.119. The second-order valence-electron chi connectivity index (χ2n) is 6.13. The topological polar surface area (TPSA) is 70.2 Å². The second kappa shape index (κ2) is 5.76. The Morgan fingerprint density at radius 1 is 1.13 bits per heavy atom. The Hall–Kier alpha value is -2.82. The van der Waals surface area contributed by atoms with Crippen LogP contribution in [0.3, 0.4) is 0 Å². The van der Waals surface area contributed by atoms with Crippen molar-refractivity contribution in [3.05, 3.63) is 59.7 Å². The van der Waals surface area contributed by atoms with Crippen LogP contribution in [0.1, 0.15) is 25.0 Å². The van der Waals surface area contributed by atoms with Gasteiger partial charge in [-0.1, -0.05) is 30.3 Å². The summed E-state index contributed by atoms with van der Waals surface area (Å²) in [5.41, 5.74) is 2.80. The van der Waals surface area contributed by atoms with E-state index in [2.05, 4.69) is 16.0 Å². The van der Waals surface area contributed by atoms with Crippen LogP contribution in [-0.4, -0.2) is 11.9 Å². The minimum absolute atomic E-state index is 0.0295. The molecular weight excluding hydrogens is 290 g/mol. The van der Waals surface area contributed by atoms with Gasteiger partial charge < -0.3 is 16.0 Å². The maximum Gasteiger partial charge on any atom is 0.319 e. The molecule has 23 heavy (non-hydrogen) atoms. The largest absolute Gasteiger partial charge is 0.334 e. The van der Waals surface area contributed by atoms with Gasteiger partial charge in [-0.3, -0.25) is 4.79 Å². The molecule has 0 saturated heterocycles. The molecule has 3 amide bonds. The number of carbonyl (C=O) groups excluding carboxylic acids is 2. The van der Waals surface area contributed by atoms with Crippen LogP contribution in [-0.2, 0) is 16.8 Å². The molecule has 0 atom stereocenters. The van der Waals surface area contributed by atoms with E-state index in [1.165, 1.54) is 0 Å². The molecule has 1 heterocycles. The molecule has 0 saturated carbocycles. The van der Waals surface area contributed by atoms with Crippen LogP contribution >= 0.6 is 0 Å². The lowest BCUT2D eigenvalue weighted by Gasteiger charge is -2.16. The zero-order valence-electron chi connectivity index (χ0n) is 13.1. The smallest absolute Gasteiger partial charge is 0.319 e. The highest BCUT2D eigenvalue weighted by molar-refractivity contribution is 6.06. The van der Waals surface area contributed by atoms with Crippen LogP contribution in [0.25, 0.3) is 0 Å². The van der Waals surface area contributed by atoms with Crippen molar-refractivity contribution < 1.29 is 9.59 Å². The van der Waals surface area contributed by atoms with Gasteiger partial charge in [0.25, 0.3) is 0 Å². The summed E-state index contributed by atoms with van der Waals surface area (Å²) >= 11 is 0. The quantitative estimate of drug-likeness (QED) is 0.814. The van der Waals surface area contributed by atoms with Gasteiger partial charge in [0.2, 0.25) is 5.91 Å². The number of amides is 3. The number of hydrogen-bond acceptors (Lipinski definition) is 2. The van der Waals surface area contributed by atoms with Crippen molar-refractivity contribution in [2.24, 2.45) is 0 Å². The van der Waals surface area contributed by atoms with Gasteiger partial charge in [0.15, 0.2) is 0 Å². The number of anilines is 2. The molecule has 2 aromatic rings. The molecule has 1 aliphatic rings. The van der Waals surface area contributed by atoms with Gasteiger partial charge in [0.05, 0.1) is 5.41 Å². The fourth-order valence-corrected chi connectivity index (χ4v) is 2.60. The molecule has 2 aromatic carbocycles. The average molecular weight is 309 g/mol. The van der Waals surface area contributed by atoms with E-state index >= 15 is 0 Å². The molecule has 0 fully saturated rings. The Bertz CT molecular complexity index is 754. The van der Waals surface area contributed by atoms with Gasteiger partial charge in [-0.05, 0) is 43.2 Å². The summed E-state index contributed by atoms with van der Waals surface area (Å²) < 4.78 is 0. The number of fused-ring (bicyclic) bond motifs is 1. The van der Waals surface area contributed by atoms with Crippen LogP contribution in [0.4, 0.5) is 16.2 Å². The normalized spacial score (nSPS) is 14.8. The first-order valence-electron chi connectivity index (χ1n) is 7.51. The molecule has 5 nitrogen and oxygen atoms in total. The Labute approximate surface area is 135 Å². The molecule has 3 rings (SSSR count). The highest BCUT2D eigenvalue weighted by atomic mass is 16.2. The van der Waals surface area contributed by atoms with Crippen molar-refractivity contribution in [2.45, 2.75) is 25.8 Å². The Balaban J connectivity index is 1.66. The highest BCUT2D eigenvalue weighted by Crippen LogP contribution is 2.38. The molecule has 0 bridgehead atoms. The fourth-order valence-electron chi connectivity index (χ4n) is 2.60. The first-order valence-corrected chi connectivity index (χ1v) is 7.51. The number of benzene rings is 2. The number of hydrogen-bond donors (Lipinski definition) is 3. The zero-order chi connectivity index (χ0) is 16.4. The van der Waals surface area contributed by atoms with Gasteiger partial charge >= 0.3 is 6.03 Å². The molecular formula is C18H19N3O2. The van der Waals surface area contributed by atoms with Crippen molar-refractivity contribution >= 4 is 23.3 Å². The molecule has 0 aliphatic carbocycles. The predicted molar refractivity (Wildman–Crippen MR) is 90.4 cm³/mol. The molecule has 0 aromatic heterocycles. The lowest BCUT2D eigenvalue weighted by atomic mass is 9.86. The van der Waals surface area contributed by atoms with E-state index in [1.54, 1.807) is 6.07 Å². The minimum atomic E-state index is -0.590. The highest BCUT2D eigenvalue weighted by Gasteiger charge is 2.38. The molecule has 1 aliphatic heterocycles. The molecule has 5 heteroatoms. The number of carbonyl (C=O) groups is 2. The first kappa shape index (κ1) is 15.1. The van der Waals surface area contributed by atoms with Crippen molar-refractivity contribution in [3.8, 4) is 0 Å². The second-order valence-corrected chi connectivity index (χ2v) is 6.13. The van der Waals surface area contributed by atoms with E-state index in [-0.39, 0.29) is 11.9 Å². The lowest BCUT2D eigenvalue weighted by Crippen LogP contribution is -2.28. The van der Waals surface area contributed by atoms with E-state index in [1.807, 2.05) is 56.3 Å². The van der Waals surface area contributed by atoms with Crippen molar-refractivity contribution in [3.63, 3.8) is 0 Å². The van der Waals surface area contributed by atoms with Gasteiger partial charge in [0, 0.05) is 17.9 Å². The van der Waals surface area contributed by atoms with Crippen molar-refractivity contribution in [1.29, 1.82) is 0 Å². The number of urea groups is 1. The maximum absolute atomic E-state index is 12.0. The first-order chi connectivity index (χ1) is 11.0. The molecule has 0 unspecified atom stereocenters. The van der Waals surface area contributed by atoms with Gasteiger partial charge in [-0.15, -0.1) is 0 Å². The minimum Gasteiger partial charge on any atom is -0.334 e. The predicted octanol–water partition coefficient (Wildman–Crippen LogP) is 3.24. The van der Waals surface area contributed by atoms with Crippen LogP contribution in [0.15, 0.2) is 48.5 Å². The van der Waals surface area contributed by atoms with E-state index in [0.29, 0.717) is 12.2 Å². The summed E-state index contributed by atoms with van der Waals surface area (Å²) in [7, 11) is 0. The summed E-state index contributed by atoms with van der Waals surface area (Å²) in [6, 6.07) is 14.9. The standard InChI is InChI=1S/C18H19N3O2/c1-18(2)14-10-13(8-9-15(14)21-16(18)22)20-17(23)19-11-12-6-4-3-5-7-12/h3-10H,11H2,1-2H3,(H,21,22)(H2,19,20,23). The van der Waals surface area contributed by atoms with Crippen LogP contribution in [0.5, 0.6) is 0 Å². The maximum atomic E-state index is 12.0. The van der Waals surface area contributed by atoms with E-state index in [4.69, 9.17) is 0 Å². The Morgan fingerprint density at radius 3 is 2.61 bits per heavy atom. The third-order valence-electron chi connectivity index (χ3n) is 4.06. The van der Waals surface area contributed by atoms with E-state index < -0.39 is 5.41 Å². The van der Waals surface area contributed by atoms with Crippen LogP contribution in [0.2, 0.25) is 0 Å². The SMILES string of the molecule is CC1(C)C(=O)Nc2ccc(NC(=O)NCc3ccccc3)cc21. The monoisotopic (exact) mass is 309 g/mol. The third-order valence-corrected chi connectivity index (χ3v) is 4.06. The average Bonchev–Trinajstić information content (AvgIpc) is 2.76. The van der Waals surface area contributed by atoms with E-state index in [9.17, 15) is 9.59 Å².